The van der Waals surface area contributed by atoms with Gasteiger partial charge in [0.25, 0.3) is 5.91 Å². The van der Waals surface area contributed by atoms with E-state index in [1.54, 1.807) is 11.1 Å². The van der Waals surface area contributed by atoms with Crippen molar-refractivity contribution in [2.45, 2.75) is 25.6 Å². The molecule has 0 bridgehead atoms. The first-order valence-corrected chi connectivity index (χ1v) is 8.70. The summed E-state index contributed by atoms with van der Waals surface area (Å²) >= 11 is 0. The highest BCUT2D eigenvalue weighted by Gasteiger charge is 2.31. The van der Waals surface area contributed by atoms with Crippen LogP contribution in [0.2, 0.25) is 0 Å². The van der Waals surface area contributed by atoms with Gasteiger partial charge in [0.1, 0.15) is 6.10 Å². The van der Waals surface area contributed by atoms with Gasteiger partial charge in [-0.2, -0.15) is 0 Å². The van der Waals surface area contributed by atoms with E-state index in [2.05, 4.69) is 22.0 Å². The average Bonchev–Trinajstić information content (AvgIpc) is 2.68. The van der Waals surface area contributed by atoms with Gasteiger partial charge in [0, 0.05) is 32.9 Å². The van der Waals surface area contributed by atoms with Crippen LogP contribution >= 0.6 is 0 Å². The molecule has 2 unspecified atom stereocenters. The highest BCUT2D eigenvalue weighted by molar-refractivity contribution is 5.81. The van der Waals surface area contributed by atoms with Crippen molar-refractivity contribution >= 4 is 5.91 Å². The van der Waals surface area contributed by atoms with Gasteiger partial charge in [0.05, 0.1) is 18.3 Å². The van der Waals surface area contributed by atoms with E-state index in [1.165, 1.54) is 5.56 Å². The van der Waals surface area contributed by atoms with Gasteiger partial charge in [-0.25, -0.2) is 0 Å². The molecule has 0 N–H and O–H groups in total. The zero-order valence-electron chi connectivity index (χ0n) is 14.8. The molecule has 2 aromatic rings. The third-order valence-corrected chi connectivity index (χ3v) is 4.72. The lowest BCUT2D eigenvalue weighted by atomic mass is 10.1. The van der Waals surface area contributed by atoms with Crippen LogP contribution in [-0.4, -0.2) is 53.5 Å². The van der Waals surface area contributed by atoms with Crippen molar-refractivity contribution in [1.29, 1.82) is 0 Å². The zero-order chi connectivity index (χ0) is 17.6. The van der Waals surface area contributed by atoms with Crippen LogP contribution in [0.25, 0.3) is 0 Å². The van der Waals surface area contributed by atoms with Crippen LogP contribution in [0.5, 0.6) is 0 Å². The minimum absolute atomic E-state index is 0.0101. The van der Waals surface area contributed by atoms with Crippen LogP contribution in [0.15, 0.2) is 54.7 Å². The van der Waals surface area contributed by atoms with Crippen LogP contribution < -0.4 is 0 Å². The normalized spacial score (nSPS) is 19.4. The molecular formula is C20H25N3O2. The van der Waals surface area contributed by atoms with Crippen molar-refractivity contribution in [2.24, 2.45) is 0 Å². The van der Waals surface area contributed by atoms with Crippen molar-refractivity contribution < 1.29 is 9.53 Å². The summed E-state index contributed by atoms with van der Waals surface area (Å²) in [4.78, 5) is 21.2. The predicted octanol–water partition coefficient (Wildman–Crippen LogP) is 2.50. The van der Waals surface area contributed by atoms with Crippen LogP contribution in [0.3, 0.4) is 0 Å². The molecule has 0 aliphatic carbocycles. The first kappa shape index (κ1) is 17.6. The lowest BCUT2D eigenvalue weighted by molar-refractivity contribution is -0.150. The molecule has 1 aliphatic heterocycles. The molecule has 2 atom stereocenters. The van der Waals surface area contributed by atoms with Gasteiger partial charge < -0.3 is 9.64 Å². The van der Waals surface area contributed by atoms with Crippen LogP contribution in [0.1, 0.15) is 24.2 Å². The van der Waals surface area contributed by atoms with Gasteiger partial charge in [-0.15, -0.1) is 0 Å². The molecule has 1 fully saturated rings. The molecule has 1 aliphatic rings. The first-order valence-electron chi connectivity index (χ1n) is 8.70. The van der Waals surface area contributed by atoms with E-state index in [0.29, 0.717) is 13.2 Å². The summed E-state index contributed by atoms with van der Waals surface area (Å²) in [7, 11) is 1.82. The molecule has 0 spiro atoms. The summed E-state index contributed by atoms with van der Waals surface area (Å²) in [6.45, 7) is 4.87. The summed E-state index contributed by atoms with van der Waals surface area (Å²) < 4.78 is 5.76. The SMILES string of the molecule is CC(c1ccccn1)N(C)C(=O)C1CN(Cc2ccccc2)CCO1. The Morgan fingerprint density at radius 1 is 1.28 bits per heavy atom. The number of morpholine rings is 1. The second-order valence-electron chi connectivity index (χ2n) is 6.46. The average molecular weight is 339 g/mol. The maximum atomic E-state index is 12.9. The van der Waals surface area contributed by atoms with Gasteiger partial charge >= 0.3 is 0 Å². The van der Waals surface area contributed by atoms with Gasteiger partial charge in [0.2, 0.25) is 0 Å². The Morgan fingerprint density at radius 2 is 2.04 bits per heavy atom. The van der Waals surface area contributed by atoms with E-state index in [-0.39, 0.29) is 11.9 Å². The number of nitrogens with zero attached hydrogens (tertiary/aromatic N) is 3. The van der Waals surface area contributed by atoms with Crippen molar-refractivity contribution in [3.05, 3.63) is 66.0 Å². The molecule has 3 rings (SSSR count). The first-order chi connectivity index (χ1) is 12.1. The lowest BCUT2D eigenvalue weighted by Crippen LogP contribution is -2.50. The highest BCUT2D eigenvalue weighted by Crippen LogP contribution is 2.19. The molecule has 1 aromatic carbocycles. The fourth-order valence-electron chi connectivity index (χ4n) is 3.08. The zero-order valence-corrected chi connectivity index (χ0v) is 14.8. The smallest absolute Gasteiger partial charge is 0.253 e. The summed E-state index contributed by atoms with van der Waals surface area (Å²) in [5.41, 5.74) is 2.14. The minimum Gasteiger partial charge on any atom is -0.366 e. The molecule has 25 heavy (non-hydrogen) atoms. The van der Waals surface area contributed by atoms with Gasteiger partial charge in [-0.1, -0.05) is 36.4 Å². The number of likely N-dealkylation sites (N-methyl/N-ethyl adjacent to an activating group) is 1. The predicted molar refractivity (Wildman–Crippen MR) is 96.9 cm³/mol. The number of aromatic nitrogens is 1. The number of amides is 1. The van der Waals surface area contributed by atoms with Crippen molar-refractivity contribution in [3.63, 3.8) is 0 Å². The Bertz CT molecular complexity index is 678. The molecule has 0 saturated carbocycles. The van der Waals surface area contributed by atoms with Crippen molar-refractivity contribution in [2.75, 3.05) is 26.7 Å². The van der Waals surface area contributed by atoms with E-state index in [4.69, 9.17) is 4.74 Å². The van der Waals surface area contributed by atoms with Gasteiger partial charge in [-0.05, 0) is 24.6 Å². The summed E-state index contributed by atoms with van der Waals surface area (Å²) in [6, 6.07) is 16.0. The van der Waals surface area contributed by atoms with E-state index in [9.17, 15) is 4.79 Å². The van der Waals surface area contributed by atoms with E-state index < -0.39 is 6.10 Å². The Balaban J connectivity index is 1.61. The fourth-order valence-corrected chi connectivity index (χ4v) is 3.08. The molecule has 1 aromatic heterocycles. The monoisotopic (exact) mass is 339 g/mol. The maximum absolute atomic E-state index is 12.9. The number of pyridine rings is 1. The van der Waals surface area contributed by atoms with Crippen molar-refractivity contribution in [1.82, 2.24) is 14.8 Å². The Labute approximate surface area is 149 Å². The summed E-state index contributed by atoms with van der Waals surface area (Å²) in [6.07, 6.45) is 1.33. The van der Waals surface area contributed by atoms with Gasteiger partial charge in [0.15, 0.2) is 0 Å². The number of rotatable bonds is 5. The van der Waals surface area contributed by atoms with E-state index >= 15 is 0 Å². The molecule has 5 heteroatoms. The third-order valence-electron chi connectivity index (χ3n) is 4.72. The summed E-state index contributed by atoms with van der Waals surface area (Å²) in [5, 5.41) is 0. The minimum atomic E-state index is -0.423. The summed E-state index contributed by atoms with van der Waals surface area (Å²) in [5.74, 6) is 0.0101. The standard InChI is InChI=1S/C20H25N3O2/c1-16(18-10-6-7-11-21-18)22(2)20(24)19-15-23(12-13-25-19)14-17-8-4-3-5-9-17/h3-11,16,19H,12-15H2,1-2H3. The van der Waals surface area contributed by atoms with Crippen molar-refractivity contribution in [3.8, 4) is 0 Å². The molecule has 2 heterocycles. The number of benzene rings is 1. The second kappa shape index (κ2) is 8.23. The number of carbonyl (C=O) groups is 1. The molecular weight excluding hydrogens is 314 g/mol. The van der Waals surface area contributed by atoms with E-state index in [1.807, 2.05) is 50.4 Å². The molecule has 1 saturated heterocycles. The Kier molecular flexibility index (Phi) is 5.79. The number of ether oxygens (including phenoxy) is 1. The van der Waals surface area contributed by atoms with Crippen LogP contribution in [0, 0.1) is 0 Å². The molecule has 132 valence electrons. The quantitative estimate of drug-likeness (QED) is 0.840. The lowest BCUT2D eigenvalue weighted by Gasteiger charge is -2.35. The third kappa shape index (κ3) is 4.44. The maximum Gasteiger partial charge on any atom is 0.253 e. The molecule has 0 radical (unpaired) electrons. The number of carbonyl (C=O) groups excluding carboxylic acids is 1. The molecule has 1 amide bonds. The highest BCUT2D eigenvalue weighted by atomic mass is 16.5. The van der Waals surface area contributed by atoms with Crippen LogP contribution in [-0.2, 0) is 16.1 Å². The van der Waals surface area contributed by atoms with Crippen LogP contribution in [0.4, 0.5) is 0 Å². The Hall–Kier alpha value is -2.24. The molecule has 5 nitrogen and oxygen atoms in total. The number of hydrogen-bond acceptors (Lipinski definition) is 4. The Morgan fingerprint density at radius 3 is 2.76 bits per heavy atom. The number of hydrogen-bond donors (Lipinski definition) is 0. The fraction of sp³-hybridized carbons (Fsp3) is 0.400. The second-order valence-corrected chi connectivity index (χ2v) is 6.46. The van der Waals surface area contributed by atoms with Gasteiger partial charge in [-0.3, -0.25) is 14.7 Å². The van der Waals surface area contributed by atoms with E-state index in [0.717, 1.165) is 18.8 Å². The topological polar surface area (TPSA) is 45.7 Å². The largest absolute Gasteiger partial charge is 0.366 e.